The quantitative estimate of drug-likeness (QED) is 0.166. The van der Waals surface area contributed by atoms with Crippen LogP contribution in [0.25, 0.3) is 10.6 Å². The van der Waals surface area contributed by atoms with E-state index in [-0.39, 0.29) is 46.9 Å². The Kier molecular flexibility index (Phi) is 9.48. The van der Waals surface area contributed by atoms with Crippen molar-refractivity contribution in [1.82, 2.24) is 10.2 Å². The molecule has 37 heavy (non-hydrogen) atoms. The zero-order valence-electron chi connectivity index (χ0n) is 19.3. The van der Waals surface area contributed by atoms with Crippen LogP contribution in [0.5, 0.6) is 11.5 Å². The molecule has 15 heteroatoms. The molecular formula is C22H22F5N3O5PS+. The molecular weight excluding hydrogens is 544 g/mol. The molecule has 0 aliphatic carbocycles. The van der Waals surface area contributed by atoms with Crippen LogP contribution < -0.4 is 15.2 Å². The number of benzene rings is 2. The summed E-state index contributed by atoms with van der Waals surface area (Å²) in [5.41, 5.74) is 3.87. The van der Waals surface area contributed by atoms with Crippen LogP contribution in [0, 0.1) is 11.6 Å². The summed E-state index contributed by atoms with van der Waals surface area (Å²) in [5, 5.41) is 8.14. The fraction of sp³-hybridized carbons (Fsp3) is 0.364. The van der Waals surface area contributed by atoms with Gasteiger partial charge in [-0.2, -0.15) is 13.2 Å². The van der Waals surface area contributed by atoms with Gasteiger partial charge in [-0.15, -0.1) is 19.6 Å². The molecule has 1 aromatic heterocycles. The summed E-state index contributed by atoms with van der Waals surface area (Å²) in [5.74, 6) is -2.08. The monoisotopic (exact) mass is 566 g/mol. The molecule has 0 spiro atoms. The molecule has 0 bridgehead atoms. The van der Waals surface area contributed by atoms with Crippen LogP contribution in [0.1, 0.15) is 30.3 Å². The van der Waals surface area contributed by atoms with Gasteiger partial charge in [0.05, 0.1) is 24.3 Å². The third-order valence-electron chi connectivity index (χ3n) is 4.87. The van der Waals surface area contributed by atoms with Gasteiger partial charge in [0.1, 0.15) is 28.2 Å². The van der Waals surface area contributed by atoms with Crippen molar-refractivity contribution in [1.29, 1.82) is 0 Å². The number of hydrogen-bond donors (Lipinski definition) is 2. The fourth-order valence-electron chi connectivity index (χ4n) is 2.99. The lowest BCUT2D eigenvalue weighted by molar-refractivity contribution is -0.138. The summed E-state index contributed by atoms with van der Waals surface area (Å²) in [6, 6.07) is 6.34. The molecule has 200 valence electrons. The second-order valence-electron chi connectivity index (χ2n) is 8.03. The first-order valence-corrected chi connectivity index (χ1v) is 12.7. The lowest BCUT2D eigenvalue weighted by Crippen LogP contribution is -2.37. The second-order valence-corrected chi connectivity index (χ2v) is 9.74. The van der Waals surface area contributed by atoms with Crippen molar-refractivity contribution in [2.24, 2.45) is 5.73 Å². The summed E-state index contributed by atoms with van der Waals surface area (Å²) in [6.07, 6.45) is -4.04. The average molecular weight is 566 g/mol. The minimum absolute atomic E-state index is 0.0563. The van der Waals surface area contributed by atoms with Crippen LogP contribution in [0.4, 0.5) is 22.0 Å². The Balaban J connectivity index is 1.62. The largest absolute Gasteiger partial charge is 0.694 e. The number of aromatic nitrogens is 2. The molecule has 3 N–H and O–H groups in total. The van der Waals surface area contributed by atoms with E-state index in [1.807, 2.05) is 0 Å². The van der Waals surface area contributed by atoms with Gasteiger partial charge in [-0.05, 0) is 50.1 Å². The van der Waals surface area contributed by atoms with Crippen molar-refractivity contribution in [3.63, 3.8) is 0 Å². The maximum atomic E-state index is 13.7. The Labute approximate surface area is 213 Å². The first-order valence-electron chi connectivity index (χ1n) is 10.7. The van der Waals surface area contributed by atoms with E-state index >= 15 is 0 Å². The average Bonchev–Trinajstić information content (AvgIpc) is 3.32. The highest BCUT2D eigenvalue weighted by Gasteiger charge is 2.36. The maximum Gasteiger partial charge on any atom is 0.694 e. The second kappa shape index (κ2) is 12.2. The predicted molar refractivity (Wildman–Crippen MR) is 124 cm³/mol. The molecule has 3 aromatic rings. The van der Waals surface area contributed by atoms with Gasteiger partial charge < -0.3 is 15.2 Å². The number of nitrogens with two attached hydrogens (primary N) is 1. The molecule has 0 fully saturated rings. The van der Waals surface area contributed by atoms with E-state index in [1.54, 1.807) is 0 Å². The van der Waals surface area contributed by atoms with E-state index < -0.39 is 37.2 Å². The van der Waals surface area contributed by atoms with Crippen LogP contribution in [0.15, 0.2) is 36.4 Å². The third kappa shape index (κ3) is 8.11. The minimum atomic E-state index is -4.72. The van der Waals surface area contributed by atoms with Crippen molar-refractivity contribution in [3.8, 4) is 22.1 Å². The van der Waals surface area contributed by atoms with Crippen LogP contribution in [0.2, 0.25) is 0 Å². The zero-order chi connectivity index (χ0) is 27.2. The van der Waals surface area contributed by atoms with Crippen molar-refractivity contribution in [3.05, 3.63) is 58.6 Å². The minimum Gasteiger partial charge on any atom is -0.493 e. The normalized spacial score (nSPS) is 13.8. The number of rotatable bonds is 12. The maximum absolute atomic E-state index is 13.7. The Hall–Kier alpha value is -2.77. The Morgan fingerprint density at radius 2 is 1.68 bits per heavy atom. The van der Waals surface area contributed by atoms with Gasteiger partial charge in [-0.3, -0.25) is 0 Å². The Bertz CT molecular complexity index is 1240. The number of unbranched alkanes of at least 4 members (excludes halogenated alkanes) is 1. The molecule has 0 saturated heterocycles. The summed E-state index contributed by atoms with van der Waals surface area (Å²) in [7, 11) is -2.88. The highest BCUT2D eigenvalue weighted by Crippen LogP contribution is 2.40. The highest BCUT2D eigenvalue weighted by molar-refractivity contribution is 7.32. The molecule has 0 amide bonds. The topological polar surface area (TPSA) is 117 Å². The smallest absolute Gasteiger partial charge is 0.493 e. The van der Waals surface area contributed by atoms with Gasteiger partial charge in [-0.25, -0.2) is 8.78 Å². The predicted octanol–water partition coefficient (Wildman–Crippen LogP) is 5.58. The van der Waals surface area contributed by atoms with E-state index in [4.69, 9.17) is 20.1 Å². The first-order chi connectivity index (χ1) is 17.4. The Morgan fingerprint density at radius 3 is 2.30 bits per heavy atom. The molecule has 0 radical (unpaired) electrons. The van der Waals surface area contributed by atoms with Gasteiger partial charge in [0.15, 0.2) is 11.6 Å². The molecule has 2 aromatic carbocycles. The molecule has 3 rings (SSSR count). The van der Waals surface area contributed by atoms with Crippen molar-refractivity contribution >= 4 is 19.6 Å². The van der Waals surface area contributed by atoms with E-state index in [0.717, 1.165) is 29.5 Å². The molecule has 0 aliphatic heterocycles. The highest BCUT2D eigenvalue weighted by atomic mass is 32.1. The summed E-state index contributed by atoms with van der Waals surface area (Å²) >= 11 is 0.923. The van der Waals surface area contributed by atoms with Gasteiger partial charge in [0.2, 0.25) is 0 Å². The number of ether oxygens (including phenoxy) is 2. The zero-order valence-corrected chi connectivity index (χ0v) is 21.0. The van der Waals surface area contributed by atoms with Crippen molar-refractivity contribution in [2.45, 2.75) is 31.5 Å². The molecule has 1 unspecified atom stereocenters. The molecule has 2 atom stereocenters. The van der Waals surface area contributed by atoms with Gasteiger partial charge in [0.25, 0.3) is 0 Å². The van der Waals surface area contributed by atoms with Gasteiger partial charge >= 0.3 is 14.4 Å². The number of nitrogens with zero attached hydrogens (tertiary/aromatic N) is 2. The first kappa shape index (κ1) is 28.8. The Morgan fingerprint density at radius 1 is 1.03 bits per heavy atom. The van der Waals surface area contributed by atoms with Crippen molar-refractivity contribution < 1.29 is 45.4 Å². The van der Waals surface area contributed by atoms with Crippen LogP contribution in [0.3, 0.4) is 0 Å². The van der Waals surface area contributed by atoms with Gasteiger partial charge in [0, 0.05) is 16.2 Å². The van der Waals surface area contributed by atoms with E-state index in [0.29, 0.717) is 18.9 Å². The lowest BCUT2D eigenvalue weighted by Gasteiger charge is -2.16. The van der Waals surface area contributed by atoms with E-state index in [2.05, 4.69) is 14.7 Å². The van der Waals surface area contributed by atoms with Gasteiger partial charge in [-0.1, -0.05) is 11.3 Å². The van der Waals surface area contributed by atoms with Crippen LogP contribution >= 0.6 is 19.6 Å². The molecule has 1 heterocycles. The summed E-state index contributed by atoms with van der Waals surface area (Å²) < 4.78 is 93.5. The van der Waals surface area contributed by atoms with Crippen LogP contribution in [-0.4, -0.2) is 34.9 Å². The summed E-state index contributed by atoms with van der Waals surface area (Å²) in [4.78, 5) is 8.80. The van der Waals surface area contributed by atoms with E-state index in [9.17, 15) is 26.5 Å². The van der Waals surface area contributed by atoms with Crippen LogP contribution in [-0.2, 0) is 20.8 Å². The van der Waals surface area contributed by atoms with Crippen molar-refractivity contribution in [2.75, 3.05) is 19.8 Å². The van der Waals surface area contributed by atoms with E-state index in [1.165, 1.54) is 19.1 Å². The fourth-order valence-corrected chi connectivity index (χ4v) is 4.25. The molecule has 8 nitrogen and oxygen atoms in total. The number of alkyl halides is 3. The lowest BCUT2D eigenvalue weighted by atomic mass is 10.1. The SMILES string of the molecule is C[C@](N)(CO[P+](=O)O)c1nnc(-c2ccc(OCCCCOc3ccc(F)cc3F)c(C(F)(F)F)c2)s1. The summed E-state index contributed by atoms with van der Waals surface area (Å²) in [6.45, 7) is 1.14. The number of hydrogen-bond acceptors (Lipinski definition) is 8. The molecule has 0 saturated carbocycles. The molecule has 0 aliphatic rings. The third-order valence-corrected chi connectivity index (χ3v) is 6.47. The number of halogens is 5. The standard InChI is InChI=1S/C22H21F5N3O5PS/c1-21(28,12-35-36(31)32)20-30-29-19(37-20)13-4-6-17(15(10-13)22(25,26)27)33-8-2-3-9-34-18-7-5-14(23)11-16(18)24/h4-7,10-11H,2-3,8-9,12,28H2,1H3/p+1/t21-/m0/s1.